The van der Waals surface area contributed by atoms with Crippen molar-refractivity contribution < 1.29 is 22.7 Å². The number of hydrogen-bond acceptors (Lipinski definition) is 4. The largest absolute Gasteiger partial charge is 0.497 e. The minimum Gasteiger partial charge on any atom is -0.497 e. The van der Waals surface area contributed by atoms with Crippen molar-refractivity contribution in [1.82, 2.24) is 10.7 Å². The molecule has 5 nitrogen and oxygen atoms in total. The number of anilines is 1. The van der Waals surface area contributed by atoms with Gasteiger partial charge < -0.3 is 4.74 Å². The number of rotatable bonds is 4. The normalized spacial score (nSPS) is 10.7. The molecule has 0 aliphatic rings. The summed E-state index contributed by atoms with van der Waals surface area (Å²) < 4.78 is 42.4. The second-order valence-electron chi connectivity index (χ2n) is 4.84. The Morgan fingerprint density at radius 3 is 2.16 bits per heavy atom. The molecule has 0 radical (unpaired) electrons. The molecule has 0 unspecified atom stereocenters. The Morgan fingerprint density at radius 1 is 1.04 bits per heavy atom. The number of hydrazine groups is 1. The zero-order valence-corrected chi connectivity index (χ0v) is 13.8. The third-order valence-corrected chi connectivity index (χ3v) is 3.32. The zero-order chi connectivity index (χ0) is 18.4. The molecule has 0 aliphatic heterocycles. The van der Waals surface area contributed by atoms with Gasteiger partial charge in [-0.3, -0.25) is 21.0 Å². The number of carbonyl (C=O) groups excluding carboxylic acids is 1. The Bertz CT molecular complexity index is 747. The lowest BCUT2D eigenvalue weighted by Gasteiger charge is -2.13. The zero-order valence-electron chi connectivity index (χ0n) is 13.0. The smallest absolute Gasteiger partial charge is 0.416 e. The number of halogens is 3. The monoisotopic (exact) mass is 369 g/mol. The van der Waals surface area contributed by atoms with Crippen molar-refractivity contribution in [2.75, 3.05) is 12.5 Å². The molecule has 9 heteroatoms. The Morgan fingerprint density at radius 2 is 1.64 bits per heavy atom. The van der Waals surface area contributed by atoms with Crippen molar-refractivity contribution in [3.05, 3.63) is 59.7 Å². The Balaban J connectivity index is 1.86. The average Bonchev–Trinajstić information content (AvgIpc) is 2.59. The number of ether oxygens (including phenoxy) is 1. The van der Waals surface area contributed by atoms with Gasteiger partial charge in [0.15, 0.2) is 5.11 Å². The van der Waals surface area contributed by atoms with Crippen molar-refractivity contribution in [3.8, 4) is 5.75 Å². The summed E-state index contributed by atoms with van der Waals surface area (Å²) in [5.74, 6) is 0.176. The van der Waals surface area contributed by atoms with E-state index in [-0.39, 0.29) is 5.11 Å². The molecule has 0 bridgehead atoms. The summed E-state index contributed by atoms with van der Waals surface area (Å²) in [6, 6.07) is 10.7. The van der Waals surface area contributed by atoms with E-state index in [0.717, 1.165) is 12.1 Å². The van der Waals surface area contributed by atoms with Gasteiger partial charge in [0.2, 0.25) is 0 Å². The fraction of sp³-hybridized carbons (Fsp3) is 0.125. The van der Waals surface area contributed by atoms with Gasteiger partial charge in [0.25, 0.3) is 5.91 Å². The number of hydrogen-bond donors (Lipinski definition) is 3. The average molecular weight is 369 g/mol. The molecule has 2 aromatic rings. The highest BCUT2D eigenvalue weighted by Gasteiger charge is 2.29. The molecule has 1 amide bonds. The van der Waals surface area contributed by atoms with Gasteiger partial charge in [-0.2, -0.15) is 13.2 Å². The first-order chi connectivity index (χ1) is 11.8. The molecule has 0 aromatic heterocycles. The molecular weight excluding hydrogens is 355 g/mol. The van der Waals surface area contributed by atoms with E-state index in [0.29, 0.717) is 17.0 Å². The second-order valence-corrected chi connectivity index (χ2v) is 5.25. The lowest BCUT2D eigenvalue weighted by molar-refractivity contribution is -0.137. The van der Waals surface area contributed by atoms with Crippen LogP contribution in [0, 0.1) is 0 Å². The summed E-state index contributed by atoms with van der Waals surface area (Å²) in [6.45, 7) is 0. The van der Waals surface area contributed by atoms with Gasteiger partial charge in [-0.25, -0.2) is 0 Å². The molecule has 0 spiro atoms. The number of amides is 1. The topological polar surface area (TPSA) is 62.4 Å². The van der Waals surface area contributed by atoms with Gasteiger partial charge in [-0.05, 0) is 60.7 Å². The summed E-state index contributed by atoms with van der Waals surface area (Å²) in [4.78, 5) is 12.0. The van der Waals surface area contributed by atoms with E-state index in [1.165, 1.54) is 19.2 Å². The molecule has 0 atom stereocenters. The van der Waals surface area contributed by atoms with Gasteiger partial charge in [-0.15, -0.1) is 0 Å². The summed E-state index contributed by atoms with van der Waals surface area (Å²) in [7, 11) is 1.51. The molecule has 3 N–H and O–H groups in total. The Labute approximate surface area is 147 Å². The van der Waals surface area contributed by atoms with Crippen LogP contribution in [0.1, 0.15) is 15.9 Å². The molecule has 2 aromatic carbocycles. The molecule has 132 valence electrons. The highest BCUT2D eigenvalue weighted by molar-refractivity contribution is 7.80. The number of benzene rings is 2. The summed E-state index contributed by atoms with van der Waals surface area (Å²) in [5.41, 5.74) is 5.10. The first kappa shape index (κ1) is 18.5. The number of thiocarbonyl (C=S) groups is 1. The summed E-state index contributed by atoms with van der Waals surface area (Å²) in [6.07, 6.45) is -4.40. The lowest BCUT2D eigenvalue weighted by Crippen LogP contribution is -2.41. The van der Waals surface area contributed by atoms with E-state index in [1.54, 1.807) is 24.3 Å². The first-order valence-electron chi connectivity index (χ1n) is 6.98. The fourth-order valence-electron chi connectivity index (χ4n) is 1.82. The molecule has 0 saturated heterocycles. The predicted octanol–water partition coefficient (Wildman–Crippen LogP) is 3.35. The van der Waals surface area contributed by atoms with E-state index in [2.05, 4.69) is 16.2 Å². The molecule has 25 heavy (non-hydrogen) atoms. The second kappa shape index (κ2) is 7.84. The molecular formula is C16H14F3N3O2S. The minimum atomic E-state index is -4.40. The number of methoxy groups -OCH3 is 1. The van der Waals surface area contributed by atoms with Crippen molar-refractivity contribution in [3.63, 3.8) is 0 Å². The maximum absolute atomic E-state index is 12.5. The highest BCUT2D eigenvalue weighted by Crippen LogP contribution is 2.29. The third kappa shape index (κ3) is 5.35. The van der Waals surface area contributed by atoms with Gasteiger partial charge in [0, 0.05) is 5.56 Å². The van der Waals surface area contributed by atoms with Gasteiger partial charge >= 0.3 is 6.18 Å². The van der Waals surface area contributed by atoms with E-state index in [9.17, 15) is 18.0 Å². The maximum Gasteiger partial charge on any atom is 0.416 e. The quantitative estimate of drug-likeness (QED) is 0.570. The van der Waals surface area contributed by atoms with Crippen LogP contribution >= 0.6 is 12.2 Å². The van der Waals surface area contributed by atoms with Crippen LogP contribution in [-0.2, 0) is 6.18 Å². The van der Waals surface area contributed by atoms with Crippen LogP contribution in [0.3, 0.4) is 0 Å². The summed E-state index contributed by atoms with van der Waals surface area (Å²) >= 11 is 4.95. The molecule has 2 rings (SSSR count). The Hall–Kier alpha value is -2.81. The van der Waals surface area contributed by atoms with Crippen molar-refractivity contribution in [1.29, 1.82) is 0 Å². The van der Waals surface area contributed by atoms with E-state index in [1.807, 2.05) is 0 Å². The van der Waals surface area contributed by atoms with Crippen LogP contribution in [0.15, 0.2) is 48.5 Å². The number of nitrogens with one attached hydrogen (secondary N) is 3. The van der Waals surface area contributed by atoms with E-state index in [4.69, 9.17) is 17.0 Å². The van der Waals surface area contributed by atoms with Crippen molar-refractivity contribution >= 4 is 28.9 Å². The van der Waals surface area contributed by atoms with Crippen molar-refractivity contribution in [2.24, 2.45) is 0 Å². The van der Waals surface area contributed by atoms with Crippen LogP contribution in [0.2, 0.25) is 0 Å². The minimum absolute atomic E-state index is 0.0271. The molecule has 0 fully saturated rings. The lowest BCUT2D eigenvalue weighted by atomic mass is 10.2. The van der Waals surface area contributed by atoms with Gasteiger partial charge in [0.1, 0.15) is 5.75 Å². The third-order valence-electron chi connectivity index (χ3n) is 3.11. The van der Waals surface area contributed by atoms with Crippen LogP contribution in [0.4, 0.5) is 18.9 Å². The molecule has 0 saturated carbocycles. The van der Waals surface area contributed by atoms with Gasteiger partial charge in [0.05, 0.1) is 18.4 Å². The van der Waals surface area contributed by atoms with E-state index < -0.39 is 17.6 Å². The fourth-order valence-corrected chi connectivity index (χ4v) is 1.96. The SMILES string of the molecule is COc1ccc(C(=O)NC(=S)NNc2ccc(C(F)(F)F)cc2)cc1. The molecule has 0 heterocycles. The van der Waals surface area contributed by atoms with Crippen LogP contribution < -0.4 is 20.9 Å². The van der Waals surface area contributed by atoms with Crippen molar-refractivity contribution in [2.45, 2.75) is 6.18 Å². The number of carbonyl (C=O) groups is 1. The summed E-state index contributed by atoms with van der Waals surface area (Å²) in [5, 5.41) is 2.41. The maximum atomic E-state index is 12.5. The van der Waals surface area contributed by atoms with Crippen LogP contribution in [0.5, 0.6) is 5.75 Å². The standard InChI is InChI=1S/C16H14F3N3O2S/c1-24-13-8-2-10(3-9-13)14(23)20-15(25)22-21-12-6-4-11(5-7-12)16(17,18)19/h2-9,21H,1H3,(H2,20,22,23,25). The van der Waals surface area contributed by atoms with E-state index >= 15 is 0 Å². The predicted molar refractivity (Wildman–Crippen MR) is 91.3 cm³/mol. The first-order valence-corrected chi connectivity index (χ1v) is 7.39. The van der Waals surface area contributed by atoms with Gasteiger partial charge in [-0.1, -0.05) is 0 Å². The Kier molecular flexibility index (Phi) is 5.81. The molecule has 0 aliphatic carbocycles. The highest BCUT2D eigenvalue weighted by atomic mass is 32.1. The number of alkyl halides is 3. The van der Waals surface area contributed by atoms with Crippen LogP contribution in [-0.4, -0.2) is 18.1 Å². The van der Waals surface area contributed by atoms with Crippen LogP contribution in [0.25, 0.3) is 0 Å².